The van der Waals surface area contributed by atoms with Crippen LogP contribution in [0.1, 0.15) is 56.3 Å². The molecule has 1 amide bonds. The van der Waals surface area contributed by atoms with Crippen molar-refractivity contribution in [2.24, 2.45) is 0 Å². The first kappa shape index (κ1) is 20.1. The lowest BCUT2D eigenvalue weighted by Gasteiger charge is -2.39. The Balaban J connectivity index is 2.40. The number of halogens is 4. The van der Waals surface area contributed by atoms with E-state index in [0.29, 0.717) is 17.5 Å². The Kier molecular flexibility index (Phi) is 6.07. The lowest BCUT2D eigenvalue weighted by atomic mass is 9.87. The lowest BCUT2D eigenvalue weighted by Crippen LogP contribution is -2.43. The molecular weight excluding hydrogens is 399 g/mol. The van der Waals surface area contributed by atoms with E-state index in [1.54, 1.807) is 31.7 Å². The van der Waals surface area contributed by atoms with Crippen LogP contribution in [-0.4, -0.2) is 28.5 Å². The summed E-state index contributed by atoms with van der Waals surface area (Å²) in [5.74, 6) is 0. The lowest BCUT2D eigenvalue weighted by molar-refractivity contribution is -0.138. The van der Waals surface area contributed by atoms with Crippen molar-refractivity contribution in [3.63, 3.8) is 0 Å². The number of hydrogen-bond acceptors (Lipinski definition) is 2. The molecule has 3 nitrogen and oxygen atoms in total. The molecule has 0 fully saturated rings. The molecule has 0 radical (unpaired) electrons. The second-order valence-corrected chi connectivity index (χ2v) is 7.93. The monoisotopic (exact) mass is 421 g/mol. The summed E-state index contributed by atoms with van der Waals surface area (Å²) in [5.41, 5.74) is -0.370. The first-order valence-electron chi connectivity index (χ1n) is 8.29. The van der Waals surface area contributed by atoms with Crippen LogP contribution in [0.4, 0.5) is 18.0 Å². The Morgan fingerprint density at radius 1 is 1.32 bits per heavy atom. The van der Waals surface area contributed by atoms with Crippen LogP contribution in [0.3, 0.4) is 0 Å². The topological polar surface area (TPSA) is 29.5 Å². The molecule has 1 aromatic carbocycles. The van der Waals surface area contributed by atoms with Crippen molar-refractivity contribution in [2.75, 3.05) is 11.9 Å². The molecule has 0 N–H and O–H groups in total. The number of rotatable bonds is 3. The molecule has 1 aromatic rings. The summed E-state index contributed by atoms with van der Waals surface area (Å²) in [4.78, 5) is 14.1. The predicted octanol–water partition coefficient (Wildman–Crippen LogP) is 5.71. The van der Waals surface area contributed by atoms with Crippen molar-refractivity contribution in [2.45, 2.75) is 57.9 Å². The van der Waals surface area contributed by atoms with Gasteiger partial charge in [-0.1, -0.05) is 28.1 Å². The number of nitrogens with zero attached hydrogens (tertiary/aromatic N) is 1. The highest BCUT2D eigenvalue weighted by Crippen LogP contribution is 2.41. The average molecular weight is 422 g/mol. The van der Waals surface area contributed by atoms with Gasteiger partial charge in [0.2, 0.25) is 0 Å². The molecule has 1 heterocycles. The minimum atomic E-state index is -4.39. The van der Waals surface area contributed by atoms with Crippen molar-refractivity contribution in [1.82, 2.24) is 4.90 Å². The van der Waals surface area contributed by atoms with Gasteiger partial charge in [-0.25, -0.2) is 4.79 Å². The van der Waals surface area contributed by atoms with Crippen LogP contribution >= 0.6 is 15.9 Å². The normalized spacial score (nSPS) is 18.0. The number of carbonyl (C=O) groups excluding carboxylic acids is 1. The summed E-state index contributed by atoms with van der Waals surface area (Å²) >= 11 is 3.35. The third-order valence-electron chi connectivity index (χ3n) is 4.09. The van der Waals surface area contributed by atoms with Crippen molar-refractivity contribution in [3.05, 3.63) is 34.9 Å². The molecule has 0 spiro atoms. The molecule has 0 saturated heterocycles. The molecule has 1 aliphatic rings. The van der Waals surface area contributed by atoms with Crippen LogP contribution in [0.25, 0.3) is 0 Å². The van der Waals surface area contributed by atoms with Gasteiger partial charge in [-0.2, -0.15) is 13.2 Å². The summed E-state index contributed by atoms with van der Waals surface area (Å²) < 4.78 is 45.4. The van der Waals surface area contributed by atoms with Crippen molar-refractivity contribution in [1.29, 1.82) is 0 Å². The first-order valence-corrected chi connectivity index (χ1v) is 9.41. The van der Waals surface area contributed by atoms with E-state index in [2.05, 4.69) is 15.9 Å². The minimum absolute atomic E-state index is 0.176. The van der Waals surface area contributed by atoms with Crippen LogP contribution in [0.5, 0.6) is 0 Å². The Morgan fingerprint density at radius 3 is 2.56 bits per heavy atom. The predicted molar refractivity (Wildman–Crippen MR) is 93.9 cm³/mol. The number of hydrogen-bond donors (Lipinski definition) is 0. The van der Waals surface area contributed by atoms with Crippen molar-refractivity contribution < 1.29 is 22.7 Å². The van der Waals surface area contributed by atoms with Crippen LogP contribution in [-0.2, 0) is 17.3 Å². The molecule has 0 saturated carbocycles. The number of amides is 1. The third-order valence-corrected chi connectivity index (χ3v) is 4.66. The summed E-state index contributed by atoms with van der Waals surface area (Å²) in [6.07, 6.45) is -3.36. The Bertz CT molecular complexity index is 626. The summed E-state index contributed by atoms with van der Waals surface area (Å²) in [5, 5.41) is 0.722. The summed E-state index contributed by atoms with van der Waals surface area (Å²) in [6, 6.07) is 3.82. The number of carbonyl (C=O) groups is 1. The van der Waals surface area contributed by atoms with E-state index in [1.165, 1.54) is 6.07 Å². The SMILES string of the molecule is CC(C)(C)OC(=O)N1CCc2c(cccc2C(F)(F)F)C1CCCBr. The van der Waals surface area contributed by atoms with Gasteiger partial charge in [-0.05, 0) is 57.2 Å². The maximum atomic E-state index is 13.3. The quantitative estimate of drug-likeness (QED) is 0.584. The maximum absolute atomic E-state index is 13.3. The summed E-state index contributed by atoms with van der Waals surface area (Å²) in [7, 11) is 0. The van der Waals surface area contributed by atoms with E-state index < -0.39 is 29.5 Å². The number of ether oxygens (including phenoxy) is 1. The van der Waals surface area contributed by atoms with Gasteiger partial charge in [-0.15, -0.1) is 0 Å². The molecule has 1 atom stereocenters. The fraction of sp³-hybridized carbons (Fsp3) is 0.611. The standard InChI is InChI=1S/C18H23BrF3NO2/c1-17(2,3)25-16(24)23-11-9-12-13(15(23)8-5-10-19)6-4-7-14(12)18(20,21)22/h4,6-7,15H,5,8-11H2,1-3H3. The van der Waals surface area contributed by atoms with Gasteiger partial charge in [0, 0.05) is 11.9 Å². The average Bonchev–Trinajstić information content (AvgIpc) is 2.49. The van der Waals surface area contributed by atoms with Gasteiger partial charge < -0.3 is 9.64 Å². The first-order chi connectivity index (χ1) is 11.5. The second kappa shape index (κ2) is 7.56. The highest BCUT2D eigenvalue weighted by molar-refractivity contribution is 9.09. The largest absolute Gasteiger partial charge is 0.444 e. The van der Waals surface area contributed by atoms with E-state index in [4.69, 9.17) is 4.74 Å². The summed E-state index contributed by atoms with van der Waals surface area (Å²) in [6.45, 7) is 5.55. The molecule has 0 aromatic heterocycles. The fourth-order valence-electron chi connectivity index (χ4n) is 3.14. The van der Waals surface area contributed by atoms with Crippen LogP contribution in [0.2, 0.25) is 0 Å². The van der Waals surface area contributed by atoms with Crippen molar-refractivity contribution in [3.8, 4) is 0 Å². The number of alkyl halides is 4. The molecule has 1 unspecified atom stereocenters. The highest BCUT2D eigenvalue weighted by atomic mass is 79.9. The van der Waals surface area contributed by atoms with Gasteiger partial charge in [0.05, 0.1) is 11.6 Å². The molecule has 140 valence electrons. The van der Waals surface area contributed by atoms with Gasteiger partial charge in [0.1, 0.15) is 5.60 Å². The Morgan fingerprint density at radius 2 is 2.00 bits per heavy atom. The van der Waals surface area contributed by atoms with Gasteiger partial charge in [-0.3, -0.25) is 0 Å². The highest BCUT2D eigenvalue weighted by Gasteiger charge is 2.39. The minimum Gasteiger partial charge on any atom is -0.444 e. The van der Waals surface area contributed by atoms with Crippen LogP contribution in [0.15, 0.2) is 18.2 Å². The third kappa shape index (κ3) is 4.90. The molecule has 0 bridgehead atoms. The number of benzene rings is 1. The zero-order chi connectivity index (χ0) is 18.8. The fourth-order valence-corrected chi connectivity index (χ4v) is 3.46. The second-order valence-electron chi connectivity index (χ2n) is 7.14. The van der Waals surface area contributed by atoms with E-state index in [1.807, 2.05) is 0 Å². The van der Waals surface area contributed by atoms with Crippen LogP contribution in [0, 0.1) is 0 Å². The van der Waals surface area contributed by atoms with E-state index in [-0.39, 0.29) is 13.0 Å². The van der Waals surface area contributed by atoms with Crippen molar-refractivity contribution >= 4 is 22.0 Å². The van der Waals surface area contributed by atoms with Crippen LogP contribution < -0.4 is 0 Å². The van der Waals surface area contributed by atoms with Gasteiger partial charge in [0.25, 0.3) is 0 Å². The molecular formula is C18H23BrF3NO2. The molecule has 7 heteroatoms. The van der Waals surface area contributed by atoms with Gasteiger partial charge >= 0.3 is 12.3 Å². The van der Waals surface area contributed by atoms with E-state index >= 15 is 0 Å². The number of fused-ring (bicyclic) bond motifs is 1. The Labute approximate surface area is 154 Å². The van der Waals surface area contributed by atoms with E-state index in [9.17, 15) is 18.0 Å². The molecule has 1 aliphatic heterocycles. The molecule has 0 aliphatic carbocycles. The zero-order valence-electron chi connectivity index (χ0n) is 14.6. The maximum Gasteiger partial charge on any atom is 0.416 e. The van der Waals surface area contributed by atoms with E-state index in [0.717, 1.165) is 17.8 Å². The molecule has 2 rings (SSSR count). The zero-order valence-corrected chi connectivity index (χ0v) is 16.2. The molecule has 25 heavy (non-hydrogen) atoms. The Hall–Kier alpha value is -1.24. The smallest absolute Gasteiger partial charge is 0.416 e. The van der Waals surface area contributed by atoms with Gasteiger partial charge in [0.15, 0.2) is 0 Å².